The Hall–Kier alpha value is -0.770. The van der Waals surface area contributed by atoms with E-state index < -0.39 is 0 Å². The van der Waals surface area contributed by atoms with Gasteiger partial charge in [0, 0.05) is 24.7 Å². The Morgan fingerprint density at radius 1 is 1.32 bits per heavy atom. The second-order valence-electron chi connectivity index (χ2n) is 5.30. The molecule has 4 heteroatoms. The Labute approximate surface area is 120 Å². The zero-order valence-electron chi connectivity index (χ0n) is 11.8. The van der Waals surface area contributed by atoms with Crippen molar-refractivity contribution in [2.75, 3.05) is 26.2 Å². The molecular weight excluding hydrogens is 260 g/mol. The van der Waals surface area contributed by atoms with Gasteiger partial charge in [0.2, 0.25) is 0 Å². The van der Waals surface area contributed by atoms with Crippen LogP contribution >= 0.6 is 11.6 Å². The average Bonchev–Trinajstić information content (AvgIpc) is 2.60. The summed E-state index contributed by atoms with van der Waals surface area (Å²) >= 11 is 6.35. The molecule has 0 unspecified atom stereocenters. The van der Waals surface area contributed by atoms with Crippen LogP contribution in [-0.2, 0) is 6.54 Å². The van der Waals surface area contributed by atoms with Gasteiger partial charge < -0.3 is 10.1 Å². The summed E-state index contributed by atoms with van der Waals surface area (Å²) in [6.45, 7) is 9.35. The van der Waals surface area contributed by atoms with Gasteiger partial charge in [-0.25, -0.2) is 0 Å². The van der Waals surface area contributed by atoms with Crippen LogP contribution < -0.4 is 10.1 Å². The maximum Gasteiger partial charge on any atom is 0.121 e. The lowest BCUT2D eigenvalue weighted by molar-refractivity contribution is 0.242. The molecule has 0 bridgehead atoms. The summed E-state index contributed by atoms with van der Waals surface area (Å²) in [5, 5.41) is 4.21. The van der Waals surface area contributed by atoms with Gasteiger partial charge in [-0.05, 0) is 51.1 Å². The lowest BCUT2D eigenvalue weighted by Gasteiger charge is -2.20. The number of benzene rings is 1. The zero-order chi connectivity index (χ0) is 13.7. The average molecular weight is 283 g/mol. The molecule has 1 fully saturated rings. The summed E-state index contributed by atoms with van der Waals surface area (Å²) in [4.78, 5) is 2.45. The Morgan fingerprint density at radius 2 is 2.16 bits per heavy atom. The van der Waals surface area contributed by atoms with Crippen molar-refractivity contribution < 1.29 is 4.74 Å². The van der Waals surface area contributed by atoms with E-state index in [1.54, 1.807) is 0 Å². The molecule has 1 N–H and O–H groups in total. The largest absolute Gasteiger partial charge is 0.491 e. The first-order valence-corrected chi connectivity index (χ1v) is 7.41. The van der Waals surface area contributed by atoms with Crippen LogP contribution in [0.4, 0.5) is 0 Å². The Morgan fingerprint density at radius 3 is 2.89 bits per heavy atom. The van der Waals surface area contributed by atoms with Crippen molar-refractivity contribution in [3.05, 3.63) is 28.8 Å². The fraction of sp³-hybridized carbons (Fsp3) is 0.600. The van der Waals surface area contributed by atoms with Gasteiger partial charge in [0.25, 0.3) is 0 Å². The summed E-state index contributed by atoms with van der Waals surface area (Å²) in [6.07, 6.45) is 1.38. The van der Waals surface area contributed by atoms with Crippen LogP contribution in [-0.4, -0.2) is 37.2 Å². The number of nitrogens with one attached hydrogen (secondary N) is 1. The third-order valence-corrected chi connectivity index (χ3v) is 3.57. The Kier molecular flexibility index (Phi) is 5.49. The summed E-state index contributed by atoms with van der Waals surface area (Å²) in [5.74, 6) is 0.848. The normalized spacial score (nSPS) is 17.5. The molecule has 0 atom stereocenters. The summed E-state index contributed by atoms with van der Waals surface area (Å²) < 4.78 is 5.65. The van der Waals surface area contributed by atoms with Gasteiger partial charge in [-0.15, -0.1) is 0 Å². The molecule has 1 aromatic rings. The van der Waals surface area contributed by atoms with Crippen LogP contribution in [0.1, 0.15) is 25.8 Å². The minimum atomic E-state index is 0.179. The van der Waals surface area contributed by atoms with E-state index in [0.717, 1.165) is 43.5 Å². The highest BCUT2D eigenvalue weighted by molar-refractivity contribution is 6.31. The maximum atomic E-state index is 6.35. The number of rotatable bonds is 4. The fourth-order valence-electron chi connectivity index (χ4n) is 2.30. The van der Waals surface area contributed by atoms with Crippen molar-refractivity contribution in [3.63, 3.8) is 0 Å². The first kappa shape index (κ1) is 14.6. The highest BCUT2D eigenvalue weighted by Crippen LogP contribution is 2.24. The van der Waals surface area contributed by atoms with Gasteiger partial charge in [-0.1, -0.05) is 17.7 Å². The van der Waals surface area contributed by atoms with E-state index in [2.05, 4.69) is 16.3 Å². The minimum absolute atomic E-state index is 0.179. The number of hydrogen-bond donors (Lipinski definition) is 1. The van der Waals surface area contributed by atoms with Gasteiger partial charge in [-0.2, -0.15) is 0 Å². The maximum absolute atomic E-state index is 6.35. The van der Waals surface area contributed by atoms with Crippen LogP contribution in [0.3, 0.4) is 0 Å². The monoisotopic (exact) mass is 282 g/mol. The first-order valence-electron chi connectivity index (χ1n) is 7.03. The van der Waals surface area contributed by atoms with E-state index in [4.69, 9.17) is 16.3 Å². The molecule has 2 rings (SSSR count). The molecule has 0 saturated carbocycles. The molecule has 0 amide bonds. The summed E-state index contributed by atoms with van der Waals surface area (Å²) in [7, 11) is 0. The van der Waals surface area contributed by atoms with Crippen LogP contribution in [0.25, 0.3) is 0 Å². The van der Waals surface area contributed by atoms with E-state index in [-0.39, 0.29) is 6.10 Å². The van der Waals surface area contributed by atoms with Crippen molar-refractivity contribution in [3.8, 4) is 5.75 Å². The predicted molar refractivity (Wildman–Crippen MR) is 80.0 cm³/mol. The molecule has 0 aliphatic carbocycles. The second-order valence-corrected chi connectivity index (χ2v) is 5.71. The number of hydrogen-bond acceptors (Lipinski definition) is 3. The molecule has 0 radical (unpaired) electrons. The SMILES string of the molecule is CC(C)Oc1ccc(CN2CCCNCC2)c(Cl)c1. The van der Waals surface area contributed by atoms with Gasteiger partial charge in [0.05, 0.1) is 6.10 Å². The smallest absolute Gasteiger partial charge is 0.121 e. The van der Waals surface area contributed by atoms with Gasteiger partial charge in [0.15, 0.2) is 0 Å². The third-order valence-electron chi connectivity index (χ3n) is 3.22. The summed E-state index contributed by atoms with van der Waals surface area (Å²) in [6, 6.07) is 6.02. The molecule has 19 heavy (non-hydrogen) atoms. The molecule has 1 aliphatic heterocycles. The fourth-order valence-corrected chi connectivity index (χ4v) is 2.53. The van der Waals surface area contributed by atoms with E-state index in [1.165, 1.54) is 12.0 Å². The molecule has 1 saturated heterocycles. The van der Waals surface area contributed by atoms with E-state index in [1.807, 2.05) is 26.0 Å². The van der Waals surface area contributed by atoms with E-state index >= 15 is 0 Å². The van der Waals surface area contributed by atoms with E-state index in [9.17, 15) is 0 Å². The lowest BCUT2D eigenvalue weighted by Crippen LogP contribution is -2.27. The van der Waals surface area contributed by atoms with Crippen LogP contribution in [0.15, 0.2) is 18.2 Å². The molecule has 1 heterocycles. The van der Waals surface area contributed by atoms with Crippen molar-refractivity contribution >= 4 is 11.6 Å². The van der Waals surface area contributed by atoms with Crippen LogP contribution in [0.2, 0.25) is 5.02 Å². The highest BCUT2D eigenvalue weighted by Gasteiger charge is 2.11. The number of nitrogens with zero attached hydrogens (tertiary/aromatic N) is 1. The van der Waals surface area contributed by atoms with Gasteiger partial charge in [-0.3, -0.25) is 4.90 Å². The highest BCUT2D eigenvalue weighted by atomic mass is 35.5. The topological polar surface area (TPSA) is 24.5 Å². The quantitative estimate of drug-likeness (QED) is 0.919. The lowest BCUT2D eigenvalue weighted by atomic mass is 10.2. The number of halogens is 1. The number of ether oxygens (including phenoxy) is 1. The van der Waals surface area contributed by atoms with Crippen LogP contribution in [0, 0.1) is 0 Å². The zero-order valence-corrected chi connectivity index (χ0v) is 12.5. The Bertz CT molecular complexity index is 401. The predicted octanol–water partition coefficient (Wildman–Crippen LogP) is 2.92. The van der Waals surface area contributed by atoms with Crippen molar-refractivity contribution in [1.82, 2.24) is 10.2 Å². The standard InChI is InChI=1S/C15H23ClN2O/c1-12(2)19-14-5-4-13(15(16)10-14)11-18-8-3-6-17-7-9-18/h4-5,10,12,17H,3,6-9,11H2,1-2H3. The van der Waals surface area contributed by atoms with Gasteiger partial charge >= 0.3 is 0 Å². The molecule has 0 spiro atoms. The molecular formula is C15H23ClN2O. The van der Waals surface area contributed by atoms with Crippen molar-refractivity contribution in [1.29, 1.82) is 0 Å². The van der Waals surface area contributed by atoms with Crippen molar-refractivity contribution in [2.45, 2.75) is 32.9 Å². The van der Waals surface area contributed by atoms with Crippen molar-refractivity contribution in [2.24, 2.45) is 0 Å². The second kappa shape index (κ2) is 7.13. The minimum Gasteiger partial charge on any atom is -0.491 e. The van der Waals surface area contributed by atoms with Crippen LogP contribution in [0.5, 0.6) is 5.75 Å². The van der Waals surface area contributed by atoms with E-state index in [0.29, 0.717) is 0 Å². The molecule has 0 aromatic heterocycles. The Balaban J connectivity index is 1.99. The third kappa shape index (κ3) is 4.68. The molecule has 106 valence electrons. The van der Waals surface area contributed by atoms with Gasteiger partial charge in [0.1, 0.15) is 5.75 Å². The first-order chi connectivity index (χ1) is 9.15. The molecule has 1 aliphatic rings. The summed E-state index contributed by atoms with van der Waals surface area (Å²) in [5.41, 5.74) is 1.18. The molecule has 3 nitrogen and oxygen atoms in total. The molecule has 1 aromatic carbocycles.